The number of hydrogen-bond acceptors (Lipinski definition) is 3. The Kier molecular flexibility index (Phi) is 6.08. The largest absolute Gasteiger partial charge is 0.444 e. The summed E-state index contributed by atoms with van der Waals surface area (Å²) in [6.07, 6.45) is 0.850. The van der Waals surface area contributed by atoms with Crippen LogP contribution in [0, 0.1) is 5.82 Å². The minimum atomic E-state index is -0.612. The van der Waals surface area contributed by atoms with E-state index in [1.165, 1.54) is 15.9 Å². The van der Waals surface area contributed by atoms with Crippen molar-refractivity contribution in [1.82, 2.24) is 9.80 Å². The van der Waals surface area contributed by atoms with Crippen molar-refractivity contribution in [3.8, 4) is 0 Å². The van der Waals surface area contributed by atoms with Crippen LogP contribution in [-0.4, -0.2) is 47.0 Å². The Morgan fingerprint density at radius 3 is 2.72 bits per heavy atom. The summed E-state index contributed by atoms with van der Waals surface area (Å²) in [7, 11) is 1.62. The molecule has 0 radical (unpaired) electrons. The van der Waals surface area contributed by atoms with Gasteiger partial charge in [0.05, 0.1) is 0 Å². The molecule has 1 saturated heterocycles. The molecular formula is C18H24BrFN2O3. The molecule has 0 saturated carbocycles. The zero-order valence-corrected chi connectivity index (χ0v) is 16.6. The second-order valence-corrected chi connectivity index (χ2v) is 8.18. The average Bonchev–Trinajstić information content (AvgIpc) is 2.98. The summed E-state index contributed by atoms with van der Waals surface area (Å²) in [5.41, 5.74) is -0.189. The molecule has 1 atom stereocenters. The monoisotopic (exact) mass is 414 g/mol. The van der Waals surface area contributed by atoms with Crippen molar-refractivity contribution in [3.05, 3.63) is 34.1 Å². The Hall–Kier alpha value is -1.63. The SMILES string of the molecule is CN(Cc1cc(Br)ccc1F)C(=O)C1CCCN1C(=O)OC(C)(C)C. The Morgan fingerprint density at radius 1 is 1.40 bits per heavy atom. The molecule has 0 spiro atoms. The molecular weight excluding hydrogens is 391 g/mol. The predicted octanol–water partition coefficient (Wildman–Crippen LogP) is 3.95. The van der Waals surface area contributed by atoms with Gasteiger partial charge >= 0.3 is 6.09 Å². The van der Waals surface area contributed by atoms with Gasteiger partial charge in [-0.3, -0.25) is 9.69 Å². The summed E-state index contributed by atoms with van der Waals surface area (Å²) >= 11 is 3.31. The number of benzene rings is 1. The Labute approximate surface area is 156 Å². The van der Waals surface area contributed by atoms with E-state index in [0.717, 1.165) is 10.9 Å². The van der Waals surface area contributed by atoms with Crippen LogP contribution in [0.2, 0.25) is 0 Å². The second-order valence-electron chi connectivity index (χ2n) is 7.26. The molecule has 25 heavy (non-hydrogen) atoms. The van der Waals surface area contributed by atoms with Crippen molar-refractivity contribution in [2.75, 3.05) is 13.6 Å². The smallest absolute Gasteiger partial charge is 0.410 e. The van der Waals surface area contributed by atoms with Gasteiger partial charge in [-0.05, 0) is 51.8 Å². The summed E-state index contributed by atoms with van der Waals surface area (Å²) in [4.78, 5) is 28.0. The highest BCUT2D eigenvalue weighted by molar-refractivity contribution is 9.10. The molecule has 1 aliphatic rings. The van der Waals surface area contributed by atoms with Gasteiger partial charge in [-0.2, -0.15) is 0 Å². The number of nitrogens with zero attached hydrogens (tertiary/aromatic N) is 2. The first-order chi connectivity index (χ1) is 11.6. The normalized spacial score (nSPS) is 17.5. The lowest BCUT2D eigenvalue weighted by Gasteiger charge is -2.30. The van der Waals surface area contributed by atoms with E-state index in [-0.39, 0.29) is 18.3 Å². The molecule has 1 aromatic rings. The van der Waals surface area contributed by atoms with Crippen LogP contribution in [0.15, 0.2) is 22.7 Å². The number of likely N-dealkylation sites (N-methyl/N-ethyl adjacent to an activating group) is 1. The maximum Gasteiger partial charge on any atom is 0.410 e. The minimum absolute atomic E-state index is 0.142. The topological polar surface area (TPSA) is 49.9 Å². The van der Waals surface area contributed by atoms with Gasteiger partial charge < -0.3 is 9.64 Å². The predicted molar refractivity (Wildman–Crippen MR) is 96.5 cm³/mol. The van der Waals surface area contributed by atoms with Crippen LogP contribution >= 0.6 is 15.9 Å². The zero-order valence-electron chi connectivity index (χ0n) is 15.0. The van der Waals surface area contributed by atoms with E-state index in [2.05, 4.69) is 15.9 Å². The van der Waals surface area contributed by atoms with Crippen LogP contribution < -0.4 is 0 Å². The molecule has 2 rings (SSSR count). The van der Waals surface area contributed by atoms with Gasteiger partial charge in [-0.15, -0.1) is 0 Å². The van der Waals surface area contributed by atoms with Crippen LogP contribution in [0.1, 0.15) is 39.2 Å². The van der Waals surface area contributed by atoms with Gasteiger partial charge in [0.15, 0.2) is 0 Å². The van der Waals surface area contributed by atoms with Crippen molar-refractivity contribution in [1.29, 1.82) is 0 Å². The molecule has 0 N–H and O–H groups in total. The van der Waals surface area contributed by atoms with Crippen molar-refractivity contribution < 1.29 is 18.7 Å². The lowest BCUT2D eigenvalue weighted by Crippen LogP contribution is -2.47. The third-order valence-electron chi connectivity index (χ3n) is 3.96. The van der Waals surface area contributed by atoms with Crippen molar-refractivity contribution >= 4 is 27.9 Å². The number of ether oxygens (including phenoxy) is 1. The molecule has 0 bridgehead atoms. The third kappa shape index (κ3) is 5.17. The van der Waals surface area contributed by atoms with E-state index in [9.17, 15) is 14.0 Å². The molecule has 7 heteroatoms. The summed E-state index contributed by atoms with van der Waals surface area (Å²) in [5.74, 6) is -0.569. The van der Waals surface area contributed by atoms with Crippen molar-refractivity contribution in [2.45, 2.75) is 51.8 Å². The van der Waals surface area contributed by atoms with Gasteiger partial charge in [0.2, 0.25) is 5.91 Å². The van der Waals surface area contributed by atoms with Gasteiger partial charge in [-0.1, -0.05) is 15.9 Å². The average molecular weight is 415 g/mol. The number of rotatable bonds is 3. The van der Waals surface area contributed by atoms with Gasteiger partial charge in [0, 0.05) is 30.2 Å². The van der Waals surface area contributed by atoms with E-state index < -0.39 is 17.7 Å². The molecule has 138 valence electrons. The first-order valence-corrected chi connectivity index (χ1v) is 9.06. The molecule has 1 fully saturated rings. The van der Waals surface area contributed by atoms with Gasteiger partial charge in [0.25, 0.3) is 0 Å². The van der Waals surface area contributed by atoms with E-state index in [0.29, 0.717) is 18.5 Å². The lowest BCUT2D eigenvalue weighted by atomic mass is 10.1. The highest BCUT2D eigenvalue weighted by Crippen LogP contribution is 2.23. The number of carbonyl (C=O) groups is 2. The molecule has 1 aliphatic heterocycles. The maximum atomic E-state index is 13.9. The molecule has 0 aliphatic carbocycles. The number of carbonyl (C=O) groups excluding carboxylic acids is 2. The van der Waals surface area contributed by atoms with Crippen molar-refractivity contribution in [3.63, 3.8) is 0 Å². The zero-order chi connectivity index (χ0) is 18.8. The Bertz CT molecular complexity index is 660. The molecule has 2 amide bonds. The molecule has 5 nitrogen and oxygen atoms in total. The van der Waals surface area contributed by atoms with Crippen LogP contribution in [-0.2, 0) is 16.1 Å². The second kappa shape index (κ2) is 7.72. The van der Waals surface area contributed by atoms with E-state index in [1.807, 2.05) is 0 Å². The fourth-order valence-electron chi connectivity index (χ4n) is 2.81. The van der Waals surface area contributed by atoms with Crippen molar-refractivity contribution in [2.24, 2.45) is 0 Å². The fourth-order valence-corrected chi connectivity index (χ4v) is 3.22. The lowest BCUT2D eigenvalue weighted by molar-refractivity contribution is -0.135. The van der Waals surface area contributed by atoms with Gasteiger partial charge in [0.1, 0.15) is 17.5 Å². The Morgan fingerprint density at radius 2 is 2.08 bits per heavy atom. The van der Waals surface area contributed by atoms with Crippen LogP contribution in [0.4, 0.5) is 9.18 Å². The van der Waals surface area contributed by atoms with Crippen LogP contribution in [0.3, 0.4) is 0 Å². The van der Waals surface area contributed by atoms with E-state index in [1.54, 1.807) is 40.0 Å². The molecule has 1 aromatic carbocycles. The number of hydrogen-bond donors (Lipinski definition) is 0. The molecule has 0 aromatic heterocycles. The summed E-state index contributed by atoms with van der Waals surface area (Å²) in [6.45, 7) is 6.01. The highest BCUT2D eigenvalue weighted by atomic mass is 79.9. The third-order valence-corrected chi connectivity index (χ3v) is 4.45. The number of likely N-dealkylation sites (tertiary alicyclic amines) is 1. The molecule has 1 unspecified atom stereocenters. The summed E-state index contributed by atoms with van der Waals surface area (Å²) in [5, 5.41) is 0. The first-order valence-electron chi connectivity index (χ1n) is 8.27. The standard InChI is InChI=1S/C18H24BrFN2O3/c1-18(2,3)25-17(24)22-9-5-6-15(22)16(23)21(4)11-12-10-13(19)7-8-14(12)20/h7-8,10,15H,5-6,9,11H2,1-4H3. The Balaban J connectivity index is 2.07. The van der Waals surface area contributed by atoms with E-state index >= 15 is 0 Å². The number of amides is 2. The first kappa shape index (κ1) is 19.7. The summed E-state index contributed by atoms with van der Waals surface area (Å²) < 4.78 is 20.1. The van der Waals surface area contributed by atoms with Crippen LogP contribution in [0.5, 0.6) is 0 Å². The van der Waals surface area contributed by atoms with Crippen LogP contribution in [0.25, 0.3) is 0 Å². The summed E-state index contributed by atoms with van der Waals surface area (Å²) in [6, 6.07) is 4.07. The maximum absolute atomic E-state index is 13.9. The number of halogens is 2. The fraction of sp³-hybridized carbons (Fsp3) is 0.556. The quantitative estimate of drug-likeness (QED) is 0.752. The molecule has 1 heterocycles. The minimum Gasteiger partial charge on any atom is -0.444 e. The highest BCUT2D eigenvalue weighted by Gasteiger charge is 2.37. The van der Waals surface area contributed by atoms with E-state index in [4.69, 9.17) is 4.74 Å². The van der Waals surface area contributed by atoms with Gasteiger partial charge in [-0.25, -0.2) is 9.18 Å².